The maximum atomic E-state index is 10.4. The molecule has 13 heavy (non-hydrogen) atoms. The lowest BCUT2D eigenvalue weighted by Gasteiger charge is -2.20. The minimum atomic E-state index is -1.05. The zero-order chi connectivity index (χ0) is 9.84. The maximum absolute atomic E-state index is 10.4. The van der Waals surface area contributed by atoms with Gasteiger partial charge >= 0.3 is 0 Å². The minimum absolute atomic E-state index is 0.548. The molecule has 5 heteroatoms. The highest BCUT2D eigenvalue weighted by molar-refractivity contribution is 8.23. The molecule has 0 aliphatic carbocycles. The zero-order valence-electron chi connectivity index (χ0n) is 7.49. The summed E-state index contributed by atoms with van der Waals surface area (Å²) in [5.41, 5.74) is 0. The van der Waals surface area contributed by atoms with Crippen molar-refractivity contribution in [2.75, 3.05) is 13.1 Å². The summed E-state index contributed by atoms with van der Waals surface area (Å²) in [5.74, 6) is -1.05. The molecule has 0 saturated carbocycles. The highest BCUT2D eigenvalue weighted by Gasteiger charge is 2.17. The summed E-state index contributed by atoms with van der Waals surface area (Å²) in [6, 6.07) is 0. The average Bonchev–Trinajstić information content (AvgIpc) is 2.55. The van der Waals surface area contributed by atoms with Crippen molar-refractivity contribution in [3.05, 3.63) is 0 Å². The van der Waals surface area contributed by atoms with Crippen LogP contribution in [0.4, 0.5) is 0 Å². The van der Waals surface area contributed by atoms with Crippen molar-refractivity contribution >= 4 is 34.3 Å². The first-order valence-corrected chi connectivity index (χ1v) is 5.56. The molecule has 0 aromatic rings. The number of carboxylic acid groups (broad SMARTS) is 1. The number of carbonyl (C=O) groups excluding carboxylic acids is 1. The molecule has 0 bridgehead atoms. The van der Waals surface area contributed by atoms with Crippen LogP contribution in [-0.4, -0.2) is 33.5 Å². The van der Waals surface area contributed by atoms with Crippen LogP contribution in [0.2, 0.25) is 0 Å². The fourth-order valence-electron chi connectivity index (χ4n) is 1.17. The molecule has 0 aromatic heterocycles. The van der Waals surface area contributed by atoms with Crippen LogP contribution in [0.5, 0.6) is 0 Å². The Bertz CT molecular complexity index is 214. The molecule has 1 aliphatic rings. The first-order valence-electron chi connectivity index (χ1n) is 4.27. The molecule has 0 spiro atoms. The van der Waals surface area contributed by atoms with Crippen LogP contribution in [0.25, 0.3) is 0 Å². The highest BCUT2D eigenvalue weighted by Crippen LogP contribution is 2.19. The van der Waals surface area contributed by atoms with Gasteiger partial charge in [0.1, 0.15) is 4.32 Å². The Kier molecular flexibility index (Phi) is 3.99. The van der Waals surface area contributed by atoms with Gasteiger partial charge in [0.25, 0.3) is 0 Å². The zero-order valence-corrected chi connectivity index (χ0v) is 9.12. The Balaban J connectivity index is 2.35. The lowest BCUT2D eigenvalue weighted by atomic mass is 10.4. The van der Waals surface area contributed by atoms with E-state index in [1.807, 2.05) is 0 Å². The molecule has 1 saturated heterocycles. The van der Waals surface area contributed by atoms with E-state index in [0.717, 1.165) is 25.9 Å². The van der Waals surface area contributed by atoms with Crippen molar-refractivity contribution < 1.29 is 9.90 Å². The van der Waals surface area contributed by atoms with Crippen molar-refractivity contribution in [2.45, 2.75) is 25.0 Å². The summed E-state index contributed by atoms with van der Waals surface area (Å²) >= 11 is 6.31. The summed E-state index contributed by atoms with van der Waals surface area (Å²) in [4.78, 5) is 12.5. The van der Waals surface area contributed by atoms with Crippen molar-refractivity contribution in [1.82, 2.24) is 4.90 Å². The quantitative estimate of drug-likeness (QED) is 0.621. The molecule has 0 N–H and O–H groups in total. The molecule has 1 fully saturated rings. The fourth-order valence-corrected chi connectivity index (χ4v) is 2.52. The number of likely N-dealkylation sites (tertiary alicyclic amines) is 1. The molecule has 0 aromatic carbocycles. The lowest BCUT2D eigenvalue weighted by molar-refractivity contribution is -0.304. The SMILES string of the molecule is CC(SC(=S)N1CCCC1)C(=O)[O-]. The van der Waals surface area contributed by atoms with Crippen molar-refractivity contribution in [1.29, 1.82) is 0 Å². The number of carbonyl (C=O) groups is 1. The molecule has 0 radical (unpaired) electrons. The first-order chi connectivity index (χ1) is 6.11. The number of rotatable bonds is 2. The number of carboxylic acids is 1. The molecule has 74 valence electrons. The van der Waals surface area contributed by atoms with E-state index in [1.54, 1.807) is 6.92 Å². The van der Waals surface area contributed by atoms with Gasteiger partial charge in [-0.25, -0.2) is 0 Å². The van der Waals surface area contributed by atoms with E-state index in [1.165, 1.54) is 11.8 Å². The maximum Gasteiger partial charge on any atom is 0.137 e. The minimum Gasteiger partial charge on any atom is -0.549 e. The first kappa shape index (κ1) is 10.8. The lowest BCUT2D eigenvalue weighted by Crippen LogP contribution is -2.34. The normalized spacial score (nSPS) is 18.7. The topological polar surface area (TPSA) is 43.4 Å². The van der Waals surface area contributed by atoms with Crippen LogP contribution >= 0.6 is 24.0 Å². The van der Waals surface area contributed by atoms with Gasteiger partial charge in [-0.05, 0) is 19.8 Å². The molecule has 1 heterocycles. The Hall–Kier alpha value is -0.290. The number of thioether (sulfide) groups is 1. The summed E-state index contributed by atoms with van der Waals surface area (Å²) in [6.45, 7) is 3.53. The van der Waals surface area contributed by atoms with E-state index in [0.29, 0.717) is 4.32 Å². The van der Waals surface area contributed by atoms with E-state index in [-0.39, 0.29) is 0 Å². The van der Waals surface area contributed by atoms with Gasteiger partial charge in [0.2, 0.25) is 0 Å². The van der Waals surface area contributed by atoms with Gasteiger partial charge in [-0.2, -0.15) is 0 Å². The van der Waals surface area contributed by atoms with Crippen LogP contribution in [0.15, 0.2) is 0 Å². The van der Waals surface area contributed by atoms with E-state index >= 15 is 0 Å². The van der Waals surface area contributed by atoms with E-state index < -0.39 is 11.2 Å². The number of aliphatic carboxylic acids is 1. The average molecular weight is 218 g/mol. The Labute approximate surface area is 87.5 Å². The van der Waals surface area contributed by atoms with Crippen LogP contribution in [0.1, 0.15) is 19.8 Å². The van der Waals surface area contributed by atoms with Gasteiger partial charge in [0, 0.05) is 18.3 Å². The second kappa shape index (κ2) is 4.81. The standard InChI is InChI=1S/C8H13NO2S2/c1-6(7(10)11)13-8(12)9-4-2-3-5-9/h6H,2-5H2,1H3,(H,10,11)/p-1. The molecule has 1 aliphatic heterocycles. The van der Waals surface area contributed by atoms with Crippen molar-refractivity contribution in [2.24, 2.45) is 0 Å². The van der Waals surface area contributed by atoms with E-state index in [2.05, 4.69) is 4.90 Å². The molecule has 1 atom stereocenters. The van der Waals surface area contributed by atoms with Gasteiger partial charge in [-0.3, -0.25) is 0 Å². The Morgan fingerprint density at radius 2 is 2.08 bits per heavy atom. The molecule has 1 rings (SSSR count). The Morgan fingerprint density at radius 1 is 1.54 bits per heavy atom. The summed E-state index contributed by atoms with van der Waals surface area (Å²) < 4.78 is 0.689. The Morgan fingerprint density at radius 3 is 2.54 bits per heavy atom. The molecular formula is C8H12NO2S2-. The molecule has 3 nitrogen and oxygen atoms in total. The number of thiocarbonyl (C=S) groups is 1. The number of hydrogen-bond acceptors (Lipinski definition) is 4. The van der Waals surface area contributed by atoms with E-state index in [4.69, 9.17) is 12.2 Å². The van der Waals surface area contributed by atoms with Gasteiger partial charge in [0.15, 0.2) is 0 Å². The fraction of sp³-hybridized carbons (Fsp3) is 0.750. The summed E-state index contributed by atoms with van der Waals surface area (Å²) in [6.07, 6.45) is 2.31. The number of nitrogens with zero attached hydrogens (tertiary/aromatic N) is 1. The third-order valence-corrected chi connectivity index (χ3v) is 3.53. The van der Waals surface area contributed by atoms with E-state index in [9.17, 15) is 9.90 Å². The van der Waals surface area contributed by atoms with Gasteiger partial charge < -0.3 is 14.8 Å². The van der Waals surface area contributed by atoms with Crippen LogP contribution < -0.4 is 5.11 Å². The predicted octanol–water partition coefficient (Wildman–Crippen LogP) is 0.239. The molecular weight excluding hydrogens is 206 g/mol. The van der Waals surface area contributed by atoms with Gasteiger partial charge in [0.05, 0.1) is 5.97 Å². The largest absolute Gasteiger partial charge is 0.549 e. The second-order valence-corrected chi connectivity index (χ2v) is 5.01. The van der Waals surface area contributed by atoms with Gasteiger partial charge in [-0.15, -0.1) is 0 Å². The number of hydrogen-bond donors (Lipinski definition) is 0. The summed E-state index contributed by atoms with van der Waals surface area (Å²) in [7, 11) is 0. The van der Waals surface area contributed by atoms with Crippen molar-refractivity contribution in [3.63, 3.8) is 0 Å². The highest BCUT2D eigenvalue weighted by atomic mass is 32.2. The molecule has 1 unspecified atom stereocenters. The van der Waals surface area contributed by atoms with Crippen LogP contribution in [-0.2, 0) is 4.79 Å². The second-order valence-electron chi connectivity index (χ2n) is 3.04. The predicted molar refractivity (Wildman–Crippen MR) is 55.5 cm³/mol. The third kappa shape index (κ3) is 3.15. The molecule has 0 amide bonds. The van der Waals surface area contributed by atoms with Gasteiger partial charge in [-0.1, -0.05) is 24.0 Å². The smallest absolute Gasteiger partial charge is 0.137 e. The van der Waals surface area contributed by atoms with Crippen LogP contribution in [0.3, 0.4) is 0 Å². The van der Waals surface area contributed by atoms with Crippen molar-refractivity contribution in [3.8, 4) is 0 Å². The summed E-state index contributed by atoms with van der Waals surface area (Å²) in [5, 5.41) is 9.89. The monoisotopic (exact) mass is 218 g/mol. The van der Waals surface area contributed by atoms with Crippen LogP contribution in [0, 0.1) is 0 Å². The third-order valence-electron chi connectivity index (χ3n) is 1.97.